The average Bonchev–Trinajstić information content (AvgIpc) is 1.87. The minimum Gasteiger partial charge on any atom is -0.328 e. The molecule has 0 bridgehead atoms. The van der Waals surface area contributed by atoms with Gasteiger partial charge in [0.05, 0.1) is 0 Å². The Bertz CT molecular complexity index is 72.9. The van der Waals surface area contributed by atoms with Gasteiger partial charge in [-0.1, -0.05) is 39.5 Å². The Morgan fingerprint density at radius 3 is 1.82 bits per heavy atom. The van der Waals surface area contributed by atoms with E-state index < -0.39 is 0 Å². The number of rotatable bonds is 6. The van der Waals surface area contributed by atoms with Crippen molar-refractivity contribution in [1.29, 1.82) is 0 Å². The molecule has 0 rings (SSSR count). The quantitative estimate of drug-likeness (QED) is 0.630. The van der Waals surface area contributed by atoms with E-state index in [2.05, 4.69) is 20.8 Å². The predicted molar refractivity (Wildman–Crippen MR) is 51.6 cm³/mol. The second-order valence-electron chi connectivity index (χ2n) is 3.66. The van der Waals surface area contributed by atoms with Crippen LogP contribution in [0.25, 0.3) is 0 Å². The molecule has 11 heavy (non-hydrogen) atoms. The standard InChI is InChI=1S/C10H23N/c1-4-6-10(7-5-2)8-9(3)11/h9-10H,4-8,11H2,1-3H3/t9-/m1/s1. The molecule has 0 fully saturated rings. The normalized spacial score (nSPS) is 13.9. The van der Waals surface area contributed by atoms with Gasteiger partial charge in [-0.25, -0.2) is 0 Å². The number of hydrogen-bond acceptors (Lipinski definition) is 1. The molecule has 0 aromatic heterocycles. The van der Waals surface area contributed by atoms with Crippen LogP contribution in [0.4, 0.5) is 0 Å². The zero-order chi connectivity index (χ0) is 8.69. The van der Waals surface area contributed by atoms with Crippen molar-refractivity contribution >= 4 is 0 Å². The van der Waals surface area contributed by atoms with Crippen LogP contribution in [-0.2, 0) is 0 Å². The highest BCUT2D eigenvalue weighted by atomic mass is 14.6. The molecule has 0 aromatic carbocycles. The zero-order valence-electron chi connectivity index (χ0n) is 8.27. The summed E-state index contributed by atoms with van der Waals surface area (Å²) in [5.74, 6) is 0.880. The van der Waals surface area contributed by atoms with Crippen LogP contribution in [0.3, 0.4) is 0 Å². The van der Waals surface area contributed by atoms with E-state index in [0.717, 1.165) is 5.92 Å². The van der Waals surface area contributed by atoms with Gasteiger partial charge in [0.25, 0.3) is 0 Å². The summed E-state index contributed by atoms with van der Waals surface area (Å²) in [5, 5.41) is 0. The van der Waals surface area contributed by atoms with Crippen LogP contribution in [0, 0.1) is 5.92 Å². The summed E-state index contributed by atoms with van der Waals surface area (Å²) >= 11 is 0. The Hall–Kier alpha value is -0.0400. The molecule has 0 amide bonds. The Morgan fingerprint density at radius 1 is 1.09 bits per heavy atom. The summed E-state index contributed by atoms with van der Waals surface area (Å²) in [6.07, 6.45) is 6.53. The van der Waals surface area contributed by atoms with Crippen LogP contribution < -0.4 is 5.73 Å². The fraction of sp³-hybridized carbons (Fsp3) is 1.00. The fourth-order valence-electron chi connectivity index (χ4n) is 1.72. The minimum atomic E-state index is 0.387. The molecular formula is C10H23N. The maximum Gasteiger partial charge on any atom is 0.00131 e. The first-order chi connectivity index (χ1) is 5.20. The molecule has 1 heteroatoms. The van der Waals surface area contributed by atoms with Crippen LogP contribution >= 0.6 is 0 Å². The Labute approximate surface area is 71.4 Å². The van der Waals surface area contributed by atoms with Gasteiger partial charge in [-0.15, -0.1) is 0 Å². The van der Waals surface area contributed by atoms with Crippen molar-refractivity contribution in [1.82, 2.24) is 0 Å². The summed E-state index contributed by atoms with van der Waals surface area (Å²) < 4.78 is 0. The first kappa shape index (κ1) is 11.0. The van der Waals surface area contributed by atoms with Crippen LogP contribution in [0.15, 0.2) is 0 Å². The maximum absolute atomic E-state index is 5.75. The van der Waals surface area contributed by atoms with Gasteiger partial charge in [0, 0.05) is 6.04 Å². The fourth-order valence-corrected chi connectivity index (χ4v) is 1.72. The molecular weight excluding hydrogens is 134 g/mol. The number of hydrogen-bond donors (Lipinski definition) is 1. The summed E-state index contributed by atoms with van der Waals surface area (Å²) in [6.45, 7) is 6.62. The molecule has 0 radical (unpaired) electrons. The SMILES string of the molecule is CCCC(CCC)C[C@@H](C)N. The lowest BCUT2D eigenvalue weighted by Crippen LogP contribution is -2.19. The van der Waals surface area contributed by atoms with Gasteiger partial charge < -0.3 is 5.73 Å². The summed E-state index contributed by atoms with van der Waals surface area (Å²) in [4.78, 5) is 0. The smallest absolute Gasteiger partial charge is 0.00131 e. The minimum absolute atomic E-state index is 0.387. The van der Waals surface area contributed by atoms with E-state index in [1.54, 1.807) is 0 Å². The molecule has 0 spiro atoms. The topological polar surface area (TPSA) is 26.0 Å². The second kappa shape index (κ2) is 6.66. The molecule has 0 heterocycles. The van der Waals surface area contributed by atoms with E-state index in [9.17, 15) is 0 Å². The highest BCUT2D eigenvalue weighted by Crippen LogP contribution is 2.18. The third-order valence-electron chi connectivity index (χ3n) is 2.10. The first-order valence-corrected chi connectivity index (χ1v) is 4.96. The molecule has 0 aliphatic rings. The largest absolute Gasteiger partial charge is 0.328 e. The molecule has 0 aromatic rings. The predicted octanol–water partition coefficient (Wildman–Crippen LogP) is 2.94. The van der Waals surface area contributed by atoms with Crippen molar-refractivity contribution in [2.24, 2.45) is 11.7 Å². The lowest BCUT2D eigenvalue weighted by molar-refractivity contribution is 0.385. The van der Waals surface area contributed by atoms with E-state index in [-0.39, 0.29) is 0 Å². The first-order valence-electron chi connectivity index (χ1n) is 4.96. The molecule has 0 unspecified atom stereocenters. The molecule has 0 saturated heterocycles. The van der Waals surface area contributed by atoms with Crippen LogP contribution in [-0.4, -0.2) is 6.04 Å². The van der Waals surface area contributed by atoms with Gasteiger partial charge in [0.2, 0.25) is 0 Å². The Kier molecular flexibility index (Phi) is 6.63. The average molecular weight is 157 g/mol. The van der Waals surface area contributed by atoms with Crippen molar-refractivity contribution in [3.05, 3.63) is 0 Å². The molecule has 68 valence electrons. The van der Waals surface area contributed by atoms with Gasteiger partial charge in [0.1, 0.15) is 0 Å². The van der Waals surface area contributed by atoms with E-state index in [1.165, 1.54) is 32.1 Å². The highest BCUT2D eigenvalue weighted by Gasteiger charge is 2.08. The van der Waals surface area contributed by atoms with E-state index in [0.29, 0.717) is 6.04 Å². The molecule has 1 atom stereocenters. The molecule has 2 N–H and O–H groups in total. The van der Waals surface area contributed by atoms with Crippen LogP contribution in [0.5, 0.6) is 0 Å². The lowest BCUT2D eigenvalue weighted by atomic mass is 9.92. The third-order valence-corrected chi connectivity index (χ3v) is 2.10. The van der Waals surface area contributed by atoms with Crippen LogP contribution in [0.1, 0.15) is 52.9 Å². The second-order valence-corrected chi connectivity index (χ2v) is 3.66. The molecule has 0 aliphatic heterocycles. The van der Waals surface area contributed by atoms with Crippen molar-refractivity contribution in [3.8, 4) is 0 Å². The van der Waals surface area contributed by atoms with Gasteiger partial charge in [-0.3, -0.25) is 0 Å². The van der Waals surface area contributed by atoms with Crippen molar-refractivity contribution in [2.45, 2.75) is 58.9 Å². The van der Waals surface area contributed by atoms with Gasteiger partial charge in [-0.05, 0) is 19.3 Å². The molecule has 0 saturated carbocycles. The lowest BCUT2D eigenvalue weighted by Gasteiger charge is -2.16. The Balaban J connectivity index is 3.50. The summed E-state index contributed by atoms with van der Waals surface area (Å²) in [7, 11) is 0. The maximum atomic E-state index is 5.75. The van der Waals surface area contributed by atoms with Crippen molar-refractivity contribution < 1.29 is 0 Å². The van der Waals surface area contributed by atoms with E-state index in [1.807, 2.05) is 0 Å². The summed E-state index contributed by atoms with van der Waals surface area (Å²) in [5.41, 5.74) is 5.75. The number of nitrogens with two attached hydrogens (primary N) is 1. The van der Waals surface area contributed by atoms with E-state index in [4.69, 9.17) is 5.73 Å². The zero-order valence-corrected chi connectivity index (χ0v) is 8.27. The summed E-state index contributed by atoms with van der Waals surface area (Å²) in [6, 6.07) is 0.387. The van der Waals surface area contributed by atoms with Gasteiger partial charge >= 0.3 is 0 Å². The molecule has 1 nitrogen and oxygen atoms in total. The highest BCUT2D eigenvalue weighted by molar-refractivity contribution is 4.64. The monoisotopic (exact) mass is 157 g/mol. The van der Waals surface area contributed by atoms with Crippen LogP contribution in [0.2, 0.25) is 0 Å². The molecule has 0 aliphatic carbocycles. The van der Waals surface area contributed by atoms with Crippen molar-refractivity contribution in [3.63, 3.8) is 0 Å². The van der Waals surface area contributed by atoms with E-state index >= 15 is 0 Å². The Morgan fingerprint density at radius 2 is 1.55 bits per heavy atom. The van der Waals surface area contributed by atoms with Gasteiger partial charge in [-0.2, -0.15) is 0 Å². The third kappa shape index (κ3) is 6.36. The van der Waals surface area contributed by atoms with Crippen molar-refractivity contribution in [2.75, 3.05) is 0 Å². The van der Waals surface area contributed by atoms with Gasteiger partial charge in [0.15, 0.2) is 0 Å².